The maximum atomic E-state index is 5.99. The second-order valence-corrected chi connectivity index (χ2v) is 5.86. The first-order valence-corrected chi connectivity index (χ1v) is 7.64. The van der Waals surface area contributed by atoms with Gasteiger partial charge in [-0.25, -0.2) is 0 Å². The van der Waals surface area contributed by atoms with E-state index in [4.69, 9.17) is 10.5 Å². The Kier molecular flexibility index (Phi) is 4.77. The topological polar surface area (TPSA) is 56.3 Å². The summed E-state index contributed by atoms with van der Waals surface area (Å²) in [6, 6.07) is 5.78. The minimum absolute atomic E-state index is 0.427. The molecular weight excluding hydrogens is 332 g/mol. The van der Waals surface area contributed by atoms with E-state index in [1.807, 2.05) is 48.8 Å². The van der Waals surface area contributed by atoms with Gasteiger partial charge in [-0.2, -0.15) is 5.10 Å². The van der Waals surface area contributed by atoms with Gasteiger partial charge >= 0.3 is 0 Å². The van der Waals surface area contributed by atoms with Crippen LogP contribution in [0.1, 0.15) is 18.3 Å². The van der Waals surface area contributed by atoms with Crippen LogP contribution in [0, 0.1) is 6.92 Å². The Morgan fingerprint density at radius 2 is 2.10 bits per heavy atom. The highest BCUT2D eigenvalue weighted by Crippen LogP contribution is 2.29. The molecule has 1 aromatic heterocycles. The van der Waals surface area contributed by atoms with E-state index in [0.29, 0.717) is 18.0 Å². The Bertz CT molecular complexity index is 637. The number of nitrogens with zero attached hydrogens (tertiary/aromatic N) is 3. The van der Waals surface area contributed by atoms with E-state index in [1.165, 1.54) is 0 Å². The van der Waals surface area contributed by atoms with Gasteiger partial charge in [0.25, 0.3) is 0 Å². The Morgan fingerprint density at radius 1 is 1.38 bits per heavy atom. The molecule has 0 aliphatic rings. The largest absolute Gasteiger partial charge is 0.485 e. The zero-order valence-corrected chi connectivity index (χ0v) is 14.4. The number of hydrogen-bond donors (Lipinski definition) is 1. The third-order valence-corrected chi connectivity index (χ3v) is 4.36. The average molecular weight is 353 g/mol. The molecule has 0 bridgehead atoms. The summed E-state index contributed by atoms with van der Waals surface area (Å²) < 4.78 is 8.84. The minimum Gasteiger partial charge on any atom is -0.485 e. The Labute approximate surface area is 133 Å². The molecule has 0 fully saturated rings. The summed E-state index contributed by atoms with van der Waals surface area (Å²) in [5, 5.41) is 4.46. The number of nitrogen functional groups attached to an aromatic ring is 1. The van der Waals surface area contributed by atoms with Crippen LogP contribution in [0.4, 0.5) is 11.4 Å². The monoisotopic (exact) mass is 352 g/mol. The van der Waals surface area contributed by atoms with Crippen LogP contribution in [0.2, 0.25) is 0 Å². The van der Waals surface area contributed by atoms with E-state index in [-0.39, 0.29) is 0 Å². The molecule has 21 heavy (non-hydrogen) atoms. The second kappa shape index (κ2) is 6.39. The summed E-state index contributed by atoms with van der Waals surface area (Å²) in [7, 11) is 3.98. The molecule has 0 aliphatic heterocycles. The molecule has 1 heterocycles. The maximum absolute atomic E-state index is 5.99. The summed E-state index contributed by atoms with van der Waals surface area (Å²) >= 11 is 3.57. The number of aryl methyl sites for hydroxylation is 2. The van der Waals surface area contributed by atoms with Gasteiger partial charge in [0.2, 0.25) is 0 Å². The highest BCUT2D eigenvalue weighted by Gasteiger charge is 2.13. The smallest absolute Gasteiger partial charge is 0.144 e. The van der Waals surface area contributed by atoms with Crippen LogP contribution in [0.25, 0.3) is 0 Å². The third-order valence-electron chi connectivity index (χ3n) is 3.33. The molecule has 0 atom stereocenters. The number of hydrogen-bond acceptors (Lipinski definition) is 4. The summed E-state index contributed by atoms with van der Waals surface area (Å²) in [5.74, 6) is 0.689. The number of nitrogens with two attached hydrogens (primary N) is 1. The molecule has 2 aromatic rings. The number of rotatable bonds is 5. The van der Waals surface area contributed by atoms with Crippen molar-refractivity contribution >= 4 is 27.3 Å². The molecule has 0 saturated heterocycles. The van der Waals surface area contributed by atoms with Crippen LogP contribution < -0.4 is 15.4 Å². The minimum atomic E-state index is 0.427. The van der Waals surface area contributed by atoms with E-state index in [1.54, 1.807) is 0 Å². The molecule has 0 unspecified atom stereocenters. The van der Waals surface area contributed by atoms with Crippen molar-refractivity contribution in [3.63, 3.8) is 0 Å². The first-order chi connectivity index (χ1) is 9.93. The highest BCUT2D eigenvalue weighted by atomic mass is 79.9. The van der Waals surface area contributed by atoms with Crippen molar-refractivity contribution < 1.29 is 4.74 Å². The molecule has 0 radical (unpaired) electrons. The Hall–Kier alpha value is -1.69. The van der Waals surface area contributed by atoms with Crippen LogP contribution in [0.15, 0.2) is 22.7 Å². The fourth-order valence-electron chi connectivity index (χ4n) is 2.08. The van der Waals surface area contributed by atoms with Crippen molar-refractivity contribution in [2.45, 2.75) is 27.0 Å². The SMILES string of the molecule is CCn1nc(C)c(Br)c1COc1cc(N(C)C)ccc1N. The number of halogens is 1. The van der Waals surface area contributed by atoms with Gasteiger partial charge in [0, 0.05) is 32.4 Å². The Balaban J connectivity index is 2.22. The fraction of sp³-hybridized carbons (Fsp3) is 0.400. The van der Waals surface area contributed by atoms with Crippen LogP contribution in [-0.2, 0) is 13.2 Å². The van der Waals surface area contributed by atoms with E-state index < -0.39 is 0 Å². The molecular formula is C15H21BrN4O. The highest BCUT2D eigenvalue weighted by molar-refractivity contribution is 9.10. The van der Waals surface area contributed by atoms with Gasteiger partial charge in [-0.15, -0.1) is 0 Å². The molecule has 6 heteroatoms. The van der Waals surface area contributed by atoms with Gasteiger partial charge in [0.15, 0.2) is 0 Å². The van der Waals surface area contributed by atoms with E-state index in [0.717, 1.165) is 28.1 Å². The number of aromatic nitrogens is 2. The molecule has 5 nitrogen and oxygen atoms in total. The van der Waals surface area contributed by atoms with Gasteiger partial charge in [-0.3, -0.25) is 4.68 Å². The quantitative estimate of drug-likeness (QED) is 0.839. The average Bonchev–Trinajstić information content (AvgIpc) is 2.73. The predicted octanol–water partition coefficient (Wildman–Crippen LogP) is 3.20. The van der Waals surface area contributed by atoms with Crippen molar-refractivity contribution in [3.8, 4) is 5.75 Å². The lowest BCUT2D eigenvalue weighted by atomic mass is 10.2. The summed E-state index contributed by atoms with van der Waals surface area (Å²) in [6.45, 7) is 5.26. The van der Waals surface area contributed by atoms with E-state index in [9.17, 15) is 0 Å². The van der Waals surface area contributed by atoms with Crippen molar-refractivity contribution in [3.05, 3.63) is 34.1 Å². The lowest BCUT2D eigenvalue weighted by Crippen LogP contribution is -2.10. The molecule has 114 valence electrons. The molecule has 2 rings (SSSR count). The van der Waals surface area contributed by atoms with Gasteiger partial charge in [-0.1, -0.05) is 0 Å². The third kappa shape index (κ3) is 3.32. The first-order valence-electron chi connectivity index (χ1n) is 6.85. The predicted molar refractivity (Wildman–Crippen MR) is 89.9 cm³/mol. The fourth-order valence-corrected chi connectivity index (χ4v) is 2.48. The lowest BCUT2D eigenvalue weighted by Gasteiger charge is -2.16. The Morgan fingerprint density at radius 3 is 2.71 bits per heavy atom. The van der Waals surface area contributed by atoms with Crippen molar-refractivity contribution in [2.24, 2.45) is 0 Å². The van der Waals surface area contributed by atoms with Crippen LogP contribution in [-0.4, -0.2) is 23.9 Å². The van der Waals surface area contributed by atoms with E-state index >= 15 is 0 Å². The van der Waals surface area contributed by atoms with Crippen molar-refractivity contribution in [1.82, 2.24) is 9.78 Å². The first kappa shape index (κ1) is 15.7. The number of anilines is 2. The van der Waals surface area contributed by atoms with Gasteiger partial charge in [0.1, 0.15) is 12.4 Å². The molecule has 0 amide bonds. The molecule has 1 aromatic carbocycles. The van der Waals surface area contributed by atoms with E-state index in [2.05, 4.69) is 28.0 Å². The lowest BCUT2D eigenvalue weighted by molar-refractivity contribution is 0.293. The zero-order valence-electron chi connectivity index (χ0n) is 12.9. The molecule has 0 saturated carbocycles. The zero-order chi connectivity index (χ0) is 15.6. The molecule has 0 aliphatic carbocycles. The number of benzene rings is 1. The van der Waals surface area contributed by atoms with Gasteiger partial charge < -0.3 is 15.4 Å². The van der Waals surface area contributed by atoms with Gasteiger partial charge in [-0.05, 0) is 41.9 Å². The van der Waals surface area contributed by atoms with Crippen molar-refractivity contribution in [2.75, 3.05) is 24.7 Å². The van der Waals surface area contributed by atoms with Crippen LogP contribution in [0.3, 0.4) is 0 Å². The summed E-state index contributed by atoms with van der Waals surface area (Å²) in [4.78, 5) is 2.02. The van der Waals surface area contributed by atoms with Crippen molar-refractivity contribution in [1.29, 1.82) is 0 Å². The standard InChI is InChI=1S/C15H21BrN4O/c1-5-20-13(15(16)10(2)18-20)9-21-14-8-11(19(3)4)6-7-12(14)17/h6-8H,5,9,17H2,1-4H3. The van der Waals surface area contributed by atoms with Crippen LogP contribution in [0.5, 0.6) is 5.75 Å². The second-order valence-electron chi connectivity index (χ2n) is 5.07. The summed E-state index contributed by atoms with van der Waals surface area (Å²) in [6.07, 6.45) is 0. The number of ether oxygens (including phenoxy) is 1. The van der Waals surface area contributed by atoms with Gasteiger partial charge in [0.05, 0.1) is 21.5 Å². The molecule has 0 spiro atoms. The van der Waals surface area contributed by atoms with Crippen LogP contribution >= 0.6 is 15.9 Å². The summed E-state index contributed by atoms with van der Waals surface area (Å²) in [5.41, 5.74) is 9.66. The molecule has 2 N–H and O–H groups in total. The normalized spacial score (nSPS) is 10.7. The maximum Gasteiger partial charge on any atom is 0.144 e.